The summed E-state index contributed by atoms with van der Waals surface area (Å²) in [7, 11) is 5.98. The standard InChI is InChI=1S/C22H26N2O/c1-24(2)21(18-10-5-4-6-11-18)16-23-15-20-19-12-8-7-9-17(19)13-14-22(20)25-3/h4-14,21,23H,15-16H2,1-3H3/t21-/m1/s1. The third kappa shape index (κ3) is 4.01. The second kappa shape index (κ2) is 8.15. The van der Waals surface area contributed by atoms with Crippen molar-refractivity contribution < 1.29 is 4.74 Å². The fourth-order valence-corrected chi connectivity index (χ4v) is 3.30. The quantitative estimate of drug-likeness (QED) is 0.699. The zero-order chi connectivity index (χ0) is 17.6. The van der Waals surface area contributed by atoms with Gasteiger partial charge in [-0.05, 0) is 36.5 Å². The minimum absolute atomic E-state index is 0.335. The molecule has 0 saturated heterocycles. The summed E-state index contributed by atoms with van der Waals surface area (Å²) in [5, 5.41) is 6.12. The van der Waals surface area contributed by atoms with E-state index in [1.807, 2.05) is 0 Å². The van der Waals surface area contributed by atoms with Crippen LogP contribution in [0.4, 0.5) is 0 Å². The van der Waals surface area contributed by atoms with Crippen LogP contribution in [0.1, 0.15) is 17.2 Å². The minimum atomic E-state index is 0.335. The van der Waals surface area contributed by atoms with E-state index in [0.29, 0.717) is 6.04 Å². The van der Waals surface area contributed by atoms with Crippen LogP contribution in [0.25, 0.3) is 10.8 Å². The molecule has 0 aromatic heterocycles. The van der Waals surface area contributed by atoms with E-state index in [-0.39, 0.29) is 0 Å². The Labute approximate surface area is 150 Å². The van der Waals surface area contributed by atoms with Crippen molar-refractivity contribution in [1.82, 2.24) is 10.2 Å². The molecule has 0 fully saturated rings. The van der Waals surface area contributed by atoms with Crippen molar-refractivity contribution >= 4 is 10.8 Å². The molecule has 3 rings (SSSR count). The minimum Gasteiger partial charge on any atom is -0.496 e. The van der Waals surface area contributed by atoms with E-state index in [0.717, 1.165) is 18.8 Å². The topological polar surface area (TPSA) is 24.5 Å². The Morgan fingerprint density at radius 2 is 1.64 bits per heavy atom. The molecule has 3 aromatic carbocycles. The first-order valence-corrected chi connectivity index (χ1v) is 8.67. The van der Waals surface area contributed by atoms with Crippen LogP contribution < -0.4 is 10.1 Å². The summed E-state index contributed by atoms with van der Waals surface area (Å²) in [6.07, 6.45) is 0. The first-order chi connectivity index (χ1) is 12.2. The number of methoxy groups -OCH3 is 1. The van der Waals surface area contributed by atoms with Crippen molar-refractivity contribution in [2.24, 2.45) is 0 Å². The highest BCUT2D eigenvalue weighted by Gasteiger charge is 2.14. The molecule has 0 aliphatic rings. The van der Waals surface area contributed by atoms with Gasteiger partial charge in [0, 0.05) is 24.7 Å². The molecule has 3 nitrogen and oxygen atoms in total. The first kappa shape index (κ1) is 17.5. The third-order valence-electron chi connectivity index (χ3n) is 4.66. The second-order valence-corrected chi connectivity index (χ2v) is 6.49. The lowest BCUT2D eigenvalue weighted by molar-refractivity contribution is 0.288. The fraction of sp³-hybridized carbons (Fsp3) is 0.273. The van der Waals surface area contributed by atoms with Crippen LogP contribution in [0.3, 0.4) is 0 Å². The van der Waals surface area contributed by atoms with Gasteiger partial charge >= 0.3 is 0 Å². The molecule has 0 radical (unpaired) electrons. The average molecular weight is 334 g/mol. The summed E-state index contributed by atoms with van der Waals surface area (Å²) in [5.74, 6) is 0.937. The molecule has 1 atom stereocenters. The number of hydrogen-bond donors (Lipinski definition) is 1. The molecule has 0 heterocycles. The van der Waals surface area contributed by atoms with E-state index >= 15 is 0 Å². The summed E-state index contributed by atoms with van der Waals surface area (Å²) in [5.41, 5.74) is 2.54. The monoisotopic (exact) mass is 334 g/mol. The first-order valence-electron chi connectivity index (χ1n) is 8.67. The molecular formula is C22H26N2O. The van der Waals surface area contributed by atoms with Crippen LogP contribution in [0.2, 0.25) is 0 Å². The van der Waals surface area contributed by atoms with E-state index in [1.54, 1.807) is 7.11 Å². The van der Waals surface area contributed by atoms with Gasteiger partial charge in [0.25, 0.3) is 0 Å². The highest BCUT2D eigenvalue weighted by Crippen LogP contribution is 2.28. The smallest absolute Gasteiger partial charge is 0.123 e. The fourth-order valence-electron chi connectivity index (χ4n) is 3.30. The predicted octanol–water partition coefficient (Wildman–Crippen LogP) is 4.24. The molecule has 3 aromatic rings. The summed E-state index contributed by atoms with van der Waals surface area (Å²) >= 11 is 0. The molecule has 25 heavy (non-hydrogen) atoms. The van der Waals surface area contributed by atoms with Gasteiger partial charge in [0.05, 0.1) is 7.11 Å². The Bertz CT molecular complexity index is 815. The highest BCUT2D eigenvalue weighted by molar-refractivity contribution is 5.87. The maximum atomic E-state index is 5.59. The maximum Gasteiger partial charge on any atom is 0.123 e. The van der Waals surface area contributed by atoms with Crippen molar-refractivity contribution in [2.75, 3.05) is 27.7 Å². The number of nitrogens with one attached hydrogen (secondary N) is 1. The Kier molecular flexibility index (Phi) is 5.69. The van der Waals surface area contributed by atoms with E-state index in [2.05, 4.69) is 91.0 Å². The molecule has 0 aliphatic heterocycles. The van der Waals surface area contributed by atoms with E-state index in [9.17, 15) is 0 Å². The number of likely N-dealkylation sites (N-methyl/N-ethyl adjacent to an activating group) is 1. The lowest BCUT2D eigenvalue weighted by Gasteiger charge is -2.25. The number of benzene rings is 3. The summed E-state index contributed by atoms with van der Waals surface area (Å²) in [6.45, 7) is 1.66. The zero-order valence-corrected chi connectivity index (χ0v) is 15.2. The predicted molar refractivity (Wildman–Crippen MR) is 105 cm³/mol. The van der Waals surface area contributed by atoms with Gasteiger partial charge in [-0.2, -0.15) is 0 Å². The number of rotatable bonds is 7. The van der Waals surface area contributed by atoms with Gasteiger partial charge in [0.15, 0.2) is 0 Å². The maximum absolute atomic E-state index is 5.59. The number of ether oxygens (including phenoxy) is 1. The molecule has 130 valence electrons. The van der Waals surface area contributed by atoms with Crippen LogP contribution in [0, 0.1) is 0 Å². The van der Waals surface area contributed by atoms with Crippen molar-refractivity contribution in [1.29, 1.82) is 0 Å². The Morgan fingerprint density at radius 3 is 2.36 bits per heavy atom. The summed E-state index contributed by atoms with van der Waals surface area (Å²) in [6, 6.07) is 23.6. The van der Waals surface area contributed by atoms with Gasteiger partial charge in [-0.25, -0.2) is 0 Å². The zero-order valence-electron chi connectivity index (χ0n) is 15.2. The molecule has 0 aliphatic carbocycles. The van der Waals surface area contributed by atoms with Crippen LogP contribution in [-0.4, -0.2) is 32.6 Å². The van der Waals surface area contributed by atoms with Gasteiger partial charge in [-0.3, -0.25) is 0 Å². The average Bonchev–Trinajstić information content (AvgIpc) is 2.65. The lowest BCUT2D eigenvalue weighted by Crippen LogP contribution is -2.30. The van der Waals surface area contributed by atoms with Gasteiger partial charge < -0.3 is 15.0 Å². The number of nitrogens with zero attached hydrogens (tertiary/aromatic N) is 1. The molecule has 0 unspecified atom stereocenters. The van der Waals surface area contributed by atoms with Gasteiger partial charge in [-0.1, -0.05) is 60.7 Å². The molecule has 0 saturated carbocycles. The number of fused-ring (bicyclic) bond motifs is 1. The van der Waals surface area contributed by atoms with Gasteiger partial charge in [-0.15, -0.1) is 0 Å². The van der Waals surface area contributed by atoms with Crippen molar-refractivity contribution in [2.45, 2.75) is 12.6 Å². The Balaban J connectivity index is 1.78. The Hall–Kier alpha value is -2.36. The second-order valence-electron chi connectivity index (χ2n) is 6.49. The van der Waals surface area contributed by atoms with E-state index in [1.165, 1.54) is 21.9 Å². The SMILES string of the molecule is COc1ccc2ccccc2c1CNC[C@H](c1ccccc1)N(C)C. The molecular weight excluding hydrogens is 308 g/mol. The van der Waals surface area contributed by atoms with Crippen LogP contribution in [0.5, 0.6) is 5.75 Å². The van der Waals surface area contributed by atoms with Crippen LogP contribution in [-0.2, 0) is 6.54 Å². The highest BCUT2D eigenvalue weighted by atomic mass is 16.5. The largest absolute Gasteiger partial charge is 0.496 e. The number of hydrogen-bond acceptors (Lipinski definition) is 3. The van der Waals surface area contributed by atoms with Gasteiger partial charge in [0.1, 0.15) is 5.75 Å². The van der Waals surface area contributed by atoms with Crippen molar-refractivity contribution in [3.63, 3.8) is 0 Å². The van der Waals surface area contributed by atoms with Crippen LogP contribution >= 0.6 is 0 Å². The Morgan fingerprint density at radius 1 is 0.920 bits per heavy atom. The van der Waals surface area contributed by atoms with Crippen molar-refractivity contribution in [3.8, 4) is 5.75 Å². The summed E-state index contributed by atoms with van der Waals surface area (Å²) in [4.78, 5) is 2.25. The van der Waals surface area contributed by atoms with Gasteiger partial charge in [0.2, 0.25) is 0 Å². The van der Waals surface area contributed by atoms with E-state index in [4.69, 9.17) is 4.74 Å². The third-order valence-corrected chi connectivity index (χ3v) is 4.66. The molecule has 0 bridgehead atoms. The van der Waals surface area contributed by atoms with Crippen LogP contribution in [0.15, 0.2) is 66.7 Å². The molecule has 0 amide bonds. The normalized spacial score (nSPS) is 12.5. The summed E-state index contributed by atoms with van der Waals surface area (Å²) < 4.78 is 5.59. The molecule has 1 N–H and O–H groups in total. The molecule has 3 heteroatoms. The van der Waals surface area contributed by atoms with Crippen molar-refractivity contribution in [3.05, 3.63) is 77.9 Å². The molecule has 0 spiro atoms. The van der Waals surface area contributed by atoms with E-state index < -0.39 is 0 Å². The lowest BCUT2D eigenvalue weighted by atomic mass is 10.0.